The second-order valence-electron chi connectivity index (χ2n) is 8.96. The fourth-order valence-electron chi connectivity index (χ4n) is 4.24. The van der Waals surface area contributed by atoms with E-state index < -0.39 is 11.6 Å². The molecule has 1 heterocycles. The molecular formula is C29H30BrClN2O4. The van der Waals surface area contributed by atoms with Gasteiger partial charge in [-0.1, -0.05) is 57.9 Å². The van der Waals surface area contributed by atoms with Crippen LogP contribution >= 0.6 is 27.5 Å². The second kappa shape index (κ2) is 12.6. The molecule has 1 aliphatic rings. The molecule has 0 bridgehead atoms. The smallest absolute Gasteiger partial charge is 0.252 e. The van der Waals surface area contributed by atoms with Gasteiger partial charge in [-0.2, -0.15) is 0 Å². The van der Waals surface area contributed by atoms with E-state index in [2.05, 4.69) is 21.2 Å². The molecule has 2 N–H and O–H groups in total. The molecule has 2 atom stereocenters. The molecule has 194 valence electrons. The number of carbonyl (C=O) groups is 1. The largest absolute Gasteiger partial charge is 0.494 e. The van der Waals surface area contributed by atoms with Crippen molar-refractivity contribution in [2.75, 3.05) is 19.8 Å². The summed E-state index contributed by atoms with van der Waals surface area (Å²) in [6.07, 6.45) is 1.12. The van der Waals surface area contributed by atoms with Crippen molar-refractivity contribution in [1.29, 1.82) is 0 Å². The Morgan fingerprint density at radius 1 is 1.16 bits per heavy atom. The van der Waals surface area contributed by atoms with E-state index in [0.717, 1.165) is 21.2 Å². The number of halogens is 2. The molecular weight excluding hydrogens is 556 g/mol. The Hall–Kier alpha value is -2.87. The Kier molecular flexibility index (Phi) is 9.24. The average Bonchev–Trinajstić information content (AvgIpc) is 3.23. The number of amides is 1. The Morgan fingerprint density at radius 3 is 2.68 bits per heavy atom. The van der Waals surface area contributed by atoms with Crippen LogP contribution < -0.4 is 10.1 Å². The number of nitrogens with one attached hydrogen (secondary N) is 1. The number of ether oxygens (including phenoxy) is 2. The van der Waals surface area contributed by atoms with Crippen LogP contribution in [-0.4, -0.2) is 48.3 Å². The Bertz CT molecular complexity index is 1250. The van der Waals surface area contributed by atoms with Gasteiger partial charge in [-0.25, -0.2) is 4.99 Å². The van der Waals surface area contributed by atoms with Gasteiger partial charge in [0.05, 0.1) is 6.61 Å². The summed E-state index contributed by atoms with van der Waals surface area (Å²) in [7, 11) is 0. The molecule has 37 heavy (non-hydrogen) atoms. The maximum absolute atomic E-state index is 13.7. The van der Waals surface area contributed by atoms with Crippen LogP contribution in [0.25, 0.3) is 0 Å². The molecule has 0 saturated heterocycles. The minimum atomic E-state index is -1.14. The summed E-state index contributed by atoms with van der Waals surface area (Å²) in [4.78, 5) is 18.7. The quantitative estimate of drug-likeness (QED) is 0.297. The predicted molar refractivity (Wildman–Crippen MR) is 149 cm³/mol. The SMILES string of the molecule is C[C@H]1OC(c2ccc(OCCCO)cc2)=N[C@@]1(Cc1ccccc1Br)C(=O)NCCc1cccc(Cl)c1. The average molecular weight is 586 g/mol. The summed E-state index contributed by atoms with van der Waals surface area (Å²) >= 11 is 9.73. The molecule has 0 unspecified atom stereocenters. The van der Waals surface area contributed by atoms with Crippen molar-refractivity contribution in [1.82, 2.24) is 5.32 Å². The fraction of sp³-hybridized carbons (Fsp3) is 0.310. The maximum atomic E-state index is 13.7. The summed E-state index contributed by atoms with van der Waals surface area (Å²) in [5, 5.41) is 12.7. The minimum absolute atomic E-state index is 0.0847. The summed E-state index contributed by atoms with van der Waals surface area (Å²) in [5.41, 5.74) is 1.65. The van der Waals surface area contributed by atoms with Crippen LogP contribution in [0.1, 0.15) is 30.0 Å². The predicted octanol–water partition coefficient (Wildman–Crippen LogP) is 5.37. The van der Waals surface area contributed by atoms with Gasteiger partial charge in [0.15, 0.2) is 5.54 Å². The van der Waals surface area contributed by atoms with Crippen molar-refractivity contribution in [3.05, 3.63) is 99.0 Å². The highest BCUT2D eigenvalue weighted by atomic mass is 79.9. The Balaban J connectivity index is 1.57. The van der Waals surface area contributed by atoms with Crippen LogP contribution in [0.5, 0.6) is 5.75 Å². The molecule has 4 rings (SSSR count). The monoisotopic (exact) mass is 584 g/mol. The third kappa shape index (κ3) is 6.72. The number of aliphatic hydroxyl groups excluding tert-OH is 1. The molecule has 0 aromatic heterocycles. The zero-order valence-corrected chi connectivity index (χ0v) is 23.0. The fourth-order valence-corrected chi connectivity index (χ4v) is 4.88. The molecule has 3 aromatic carbocycles. The lowest BCUT2D eigenvalue weighted by atomic mass is 9.86. The van der Waals surface area contributed by atoms with Crippen LogP contribution in [0.15, 0.2) is 82.3 Å². The van der Waals surface area contributed by atoms with E-state index in [9.17, 15) is 4.79 Å². The van der Waals surface area contributed by atoms with E-state index in [0.29, 0.717) is 49.1 Å². The number of hydrogen-bond donors (Lipinski definition) is 2. The first-order chi connectivity index (χ1) is 17.9. The zero-order valence-electron chi connectivity index (χ0n) is 20.6. The Morgan fingerprint density at radius 2 is 1.95 bits per heavy atom. The third-order valence-corrected chi connectivity index (χ3v) is 7.34. The van der Waals surface area contributed by atoms with Crippen LogP contribution in [-0.2, 0) is 22.4 Å². The van der Waals surface area contributed by atoms with E-state index in [-0.39, 0.29) is 12.5 Å². The van der Waals surface area contributed by atoms with Crippen LogP contribution in [0.4, 0.5) is 0 Å². The molecule has 0 saturated carbocycles. The first kappa shape index (κ1) is 27.2. The molecule has 8 heteroatoms. The lowest BCUT2D eigenvalue weighted by Crippen LogP contribution is -2.53. The number of benzene rings is 3. The number of rotatable bonds is 11. The summed E-state index contributed by atoms with van der Waals surface area (Å²) < 4.78 is 12.7. The van der Waals surface area contributed by atoms with Crippen LogP contribution in [0.2, 0.25) is 5.02 Å². The first-order valence-corrected chi connectivity index (χ1v) is 13.4. The van der Waals surface area contributed by atoms with Gasteiger partial charge in [0, 0.05) is 41.1 Å². The van der Waals surface area contributed by atoms with E-state index in [1.807, 2.05) is 79.7 Å². The Labute approximate surface area is 230 Å². The summed E-state index contributed by atoms with van der Waals surface area (Å²) in [6, 6.07) is 22.9. The number of aliphatic imine (C=N–C) groups is 1. The minimum Gasteiger partial charge on any atom is -0.494 e. The molecule has 1 amide bonds. The van der Waals surface area contributed by atoms with Crippen LogP contribution in [0.3, 0.4) is 0 Å². The van der Waals surface area contributed by atoms with Gasteiger partial charge in [-0.3, -0.25) is 4.79 Å². The van der Waals surface area contributed by atoms with Gasteiger partial charge in [0.2, 0.25) is 5.90 Å². The maximum Gasteiger partial charge on any atom is 0.252 e. The summed E-state index contributed by atoms with van der Waals surface area (Å²) in [5.74, 6) is 0.935. The van der Waals surface area contributed by atoms with E-state index in [1.54, 1.807) is 0 Å². The van der Waals surface area contributed by atoms with Crippen molar-refractivity contribution >= 4 is 39.3 Å². The van der Waals surface area contributed by atoms with Gasteiger partial charge < -0.3 is 19.9 Å². The van der Waals surface area contributed by atoms with Crippen molar-refractivity contribution in [3.63, 3.8) is 0 Å². The van der Waals surface area contributed by atoms with E-state index in [4.69, 9.17) is 31.2 Å². The highest BCUT2D eigenvalue weighted by Crippen LogP contribution is 2.34. The van der Waals surface area contributed by atoms with Crippen LogP contribution in [0, 0.1) is 0 Å². The van der Waals surface area contributed by atoms with Crippen molar-refractivity contribution in [3.8, 4) is 5.75 Å². The number of hydrogen-bond acceptors (Lipinski definition) is 5. The topological polar surface area (TPSA) is 80.2 Å². The summed E-state index contributed by atoms with van der Waals surface area (Å²) in [6.45, 7) is 2.86. The number of aliphatic hydroxyl groups is 1. The molecule has 3 aromatic rings. The zero-order chi connectivity index (χ0) is 26.3. The van der Waals surface area contributed by atoms with Gasteiger partial charge in [-0.05, 0) is 66.9 Å². The van der Waals surface area contributed by atoms with Crippen molar-refractivity contribution < 1.29 is 19.4 Å². The lowest BCUT2D eigenvalue weighted by Gasteiger charge is -2.28. The molecule has 0 fully saturated rings. The van der Waals surface area contributed by atoms with Crippen molar-refractivity contribution in [2.45, 2.75) is 37.8 Å². The molecule has 6 nitrogen and oxygen atoms in total. The standard InChI is InChI=1S/C29H30BrClN2O4/c1-20-29(19-23-7-2-3-9-26(23)30,28(35)32-15-14-21-6-4-8-24(31)18-21)33-27(37-20)22-10-12-25(13-11-22)36-17-5-16-34/h2-4,6-13,18,20,34H,5,14-17,19H2,1H3,(H,32,35)/t20-,29-/m1/s1. The van der Waals surface area contributed by atoms with Gasteiger partial charge >= 0.3 is 0 Å². The van der Waals surface area contributed by atoms with E-state index in [1.165, 1.54) is 0 Å². The van der Waals surface area contributed by atoms with Gasteiger partial charge in [0.25, 0.3) is 5.91 Å². The lowest BCUT2D eigenvalue weighted by molar-refractivity contribution is -0.128. The van der Waals surface area contributed by atoms with Gasteiger partial charge in [-0.15, -0.1) is 0 Å². The highest BCUT2D eigenvalue weighted by Gasteiger charge is 2.50. The molecule has 0 radical (unpaired) electrons. The molecule has 0 spiro atoms. The number of nitrogens with zero attached hydrogens (tertiary/aromatic N) is 1. The normalized spacial score (nSPS) is 18.7. The molecule has 0 aliphatic carbocycles. The van der Waals surface area contributed by atoms with E-state index >= 15 is 0 Å². The molecule has 1 aliphatic heterocycles. The van der Waals surface area contributed by atoms with Crippen molar-refractivity contribution in [2.24, 2.45) is 4.99 Å². The van der Waals surface area contributed by atoms with Gasteiger partial charge in [0.1, 0.15) is 11.9 Å². The third-order valence-electron chi connectivity index (χ3n) is 6.33. The number of carbonyl (C=O) groups excluding carboxylic acids is 1. The first-order valence-electron chi connectivity index (χ1n) is 12.3. The highest BCUT2D eigenvalue weighted by molar-refractivity contribution is 9.10. The second-order valence-corrected chi connectivity index (χ2v) is 10.2.